The number of nitrogens with zero attached hydrogens (tertiary/aromatic N) is 2. The first kappa shape index (κ1) is 13.8. The van der Waals surface area contributed by atoms with E-state index in [1.54, 1.807) is 18.0 Å². The summed E-state index contributed by atoms with van der Waals surface area (Å²) < 4.78 is 18.5. The fourth-order valence-electron chi connectivity index (χ4n) is 2.47. The van der Waals surface area contributed by atoms with Crippen LogP contribution in [0.15, 0.2) is 24.4 Å². The summed E-state index contributed by atoms with van der Waals surface area (Å²) in [6.45, 7) is 1.35. The largest absolute Gasteiger partial charge is 0.492 e. The minimum atomic E-state index is 0.0698. The van der Waals surface area contributed by atoms with Crippen LogP contribution in [-0.2, 0) is 11.8 Å². The molecule has 0 bridgehead atoms. The number of aromatic nitrogens is 2. The molecule has 1 aliphatic rings. The van der Waals surface area contributed by atoms with E-state index in [0.29, 0.717) is 23.9 Å². The molecule has 1 saturated heterocycles. The number of hydrogen-bond acceptors (Lipinski definition) is 5. The second kappa shape index (κ2) is 5.65. The Morgan fingerprint density at radius 1 is 1.38 bits per heavy atom. The number of para-hydroxylation sites is 1. The van der Waals surface area contributed by atoms with E-state index in [1.807, 2.05) is 25.2 Å². The number of anilines is 1. The maximum atomic E-state index is 6.06. The summed E-state index contributed by atoms with van der Waals surface area (Å²) in [5.74, 6) is 1.97. The van der Waals surface area contributed by atoms with Gasteiger partial charge in [0.1, 0.15) is 11.9 Å². The van der Waals surface area contributed by atoms with Crippen LogP contribution in [0.5, 0.6) is 11.5 Å². The van der Waals surface area contributed by atoms with Crippen LogP contribution < -0.4 is 15.2 Å². The zero-order valence-corrected chi connectivity index (χ0v) is 12.2. The van der Waals surface area contributed by atoms with Crippen molar-refractivity contribution in [3.63, 3.8) is 0 Å². The average Bonchev–Trinajstić information content (AvgIpc) is 3.10. The van der Waals surface area contributed by atoms with Gasteiger partial charge in [-0.1, -0.05) is 12.1 Å². The number of rotatable bonds is 4. The van der Waals surface area contributed by atoms with E-state index >= 15 is 0 Å². The van der Waals surface area contributed by atoms with Crippen LogP contribution in [-0.4, -0.2) is 36.2 Å². The van der Waals surface area contributed by atoms with E-state index in [1.165, 1.54) is 0 Å². The molecule has 2 aromatic rings. The van der Waals surface area contributed by atoms with Crippen molar-refractivity contribution in [3.8, 4) is 22.6 Å². The van der Waals surface area contributed by atoms with E-state index in [4.69, 9.17) is 19.9 Å². The van der Waals surface area contributed by atoms with E-state index in [0.717, 1.165) is 24.2 Å². The van der Waals surface area contributed by atoms with Crippen LogP contribution in [0.2, 0.25) is 0 Å². The highest BCUT2D eigenvalue weighted by atomic mass is 16.6. The van der Waals surface area contributed by atoms with E-state index in [-0.39, 0.29) is 6.10 Å². The molecule has 1 unspecified atom stereocenters. The lowest BCUT2D eigenvalue weighted by Crippen LogP contribution is -2.16. The Kier molecular flexibility index (Phi) is 3.70. The summed E-state index contributed by atoms with van der Waals surface area (Å²) in [6.07, 6.45) is 2.69. The van der Waals surface area contributed by atoms with E-state index in [2.05, 4.69) is 5.10 Å². The van der Waals surface area contributed by atoms with Crippen LogP contribution in [0, 0.1) is 0 Å². The number of benzene rings is 1. The fourth-order valence-corrected chi connectivity index (χ4v) is 2.47. The molecular weight excluding hydrogens is 270 g/mol. The summed E-state index contributed by atoms with van der Waals surface area (Å²) in [4.78, 5) is 0. The van der Waals surface area contributed by atoms with Gasteiger partial charge in [-0.2, -0.15) is 5.10 Å². The highest BCUT2D eigenvalue weighted by molar-refractivity contribution is 5.80. The number of hydrogen-bond donors (Lipinski definition) is 1. The topological polar surface area (TPSA) is 71.5 Å². The smallest absolute Gasteiger partial charge is 0.168 e. The van der Waals surface area contributed by atoms with Gasteiger partial charge in [-0.3, -0.25) is 4.68 Å². The summed E-state index contributed by atoms with van der Waals surface area (Å²) in [5.41, 5.74) is 7.77. The Labute approximate surface area is 123 Å². The Hall–Kier alpha value is -2.21. The van der Waals surface area contributed by atoms with Gasteiger partial charge in [0.05, 0.1) is 26.5 Å². The molecule has 1 fully saturated rings. The molecule has 0 spiro atoms. The van der Waals surface area contributed by atoms with Crippen molar-refractivity contribution in [2.45, 2.75) is 12.5 Å². The Morgan fingerprint density at radius 2 is 2.24 bits per heavy atom. The van der Waals surface area contributed by atoms with Crippen LogP contribution in [0.25, 0.3) is 11.1 Å². The van der Waals surface area contributed by atoms with Crippen LogP contribution in [0.3, 0.4) is 0 Å². The van der Waals surface area contributed by atoms with Gasteiger partial charge in [0, 0.05) is 24.6 Å². The highest BCUT2D eigenvalue weighted by Gasteiger charge is 2.21. The number of nitrogens with two attached hydrogens (primary N) is 1. The van der Waals surface area contributed by atoms with E-state index in [9.17, 15) is 0 Å². The molecule has 112 valence electrons. The predicted molar refractivity (Wildman–Crippen MR) is 79.5 cm³/mol. The second-order valence-electron chi connectivity index (χ2n) is 5.01. The van der Waals surface area contributed by atoms with Gasteiger partial charge >= 0.3 is 0 Å². The maximum absolute atomic E-state index is 6.06. The molecule has 1 aliphatic heterocycles. The number of ether oxygens (including phenoxy) is 3. The van der Waals surface area contributed by atoms with Gasteiger partial charge < -0.3 is 19.9 Å². The van der Waals surface area contributed by atoms with Crippen molar-refractivity contribution in [2.24, 2.45) is 7.05 Å². The molecule has 0 radical (unpaired) electrons. The van der Waals surface area contributed by atoms with Gasteiger partial charge in [0.2, 0.25) is 0 Å². The van der Waals surface area contributed by atoms with Gasteiger partial charge in [0.15, 0.2) is 11.5 Å². The van der Waals surface area contributed by atoms with Gasteiger partial charge in [-0.05, 0) is 6.07 Å². The zero-order valence-electron chi connectivity index (χ0n) is 12.2. The second-order valence-corrected chi connectivity index (χ2v) is 5.01. The molecule has 0 saturated carbocycles. The molecular formula is C15H19N3O3. The quantitative estimate of drug-likeness (QED) is 0.930. The van der Waals surface area contributed by atoms with Gasteiger partial charge in [-0.15, -0.1) is 0 Å². The average molecular weight is 289 g/mol. The molecule has 6 nitrogen and oxygen atoms in total. The zero-order chi connectivity index (χ0) is 14.8. The standard InChI is InChI=1S/C15H19N3O3/c1-18-15(16)12(8-17-18)11-4-3-5-13(14(11)19-2)21-10-6-7-20-9-10/h3-5,8,10H,6-7,9,16H2,1-2H3. The summed E-state index contributed by atoms with van der Waals surface area (Å²) in [7, 11) is 3.44. The minimum Gasteiger partial charge on any atom is -0.492 e. The lowest BCUT2D eigenvalue weighted by Gasteiger charge is -2.17. The molecule has 3 rings (SSSR count). The molecule has 0 aliphatic carbocycles. The van der Waals surface area contributed by atoms with E-state index < -0.39 is 0 Å². The third-order valence-corrected chi connectivity index (χ3v) is 3.64. The lowest BCUT2D eigenvalue weighted by atomic mass is 10.1. The molecule has 6 heteroatoms. The molecule has 1 atom stereocenters. The van der Waals surface area contributed by atoms with Crippen LogP contribution >= 0.6 is 0 Å². The number of methoxy groups -OCH3 is 1. The summed E-state index contributed by atoms with van der Waals surface area (Å²) >= 11 is 0. The van der Waals surface area contributed by atoms with Gasteiger partial charge in [-0.25, -0.2) is 0 Å². The Bertz CT molecular complexity index is 633. The molecule has 2 N–H and O–H groups in total. The Balaban J connectivity index is 1.99. The van der Waals surface area contributed by atoms with Crippen molar-refractivity contribution < 1.29 is 14.2 Å². The number of aryl methyl sites for hydroxylation is 1. The summed E-state index contributed by atoms with van der Waals surface area (Å²) in [6, 6.07) is 5.77. The molecule has 1 aromatic heterocycles. The molecule has 1 aromatic carbocycles. The van der Waals surface area contributed by atoms with Crippen LogP contribution in [0.4, 0.5) is 5.82 Å². The van der Waals surface area contributed by atoms with Crippen LogP contribution in [0.1, 0.15) is 6.42 Å². The summed E-state index contributed by atoms with van der Waals surface area (Å²) in [5, 5.41) is 4.18. The SMILES string of the molecule is COc1c(OC2CCOC2)cccc1-c1cnn(C)c1N. The monoisotopic (exact) mass is 289 g/mol. The van der Waals surface area contributed by atoms with Crippen molar-refractivity contribution in [1.82, 2.24) is 9.78 Å². The number of nitrogen functional groups attached to an aromatic ring is 1. The third-order valence-electron chi connectivity index (χ3n) is 3.64. The first-order valence-electron chi connectivity index (χ1n) is 6.90. The predicted octanol–water partition coefficient (Wildman–Crippen LogP) is 1.85. The molecule has 21 heavy (non-hydrogen) atoms. The third kappa shape index (κ3) is 2.54. The highest BCUT2D eigenvalue weighted by Crippen LogP contribution is 2.40. The minimum absolute atomic E-state index is 0.0698. The first-order valence-corrected chi connectivity index (χ1v) is 6.90. The lowest BCUT2D eigenvalue weighted by molar-refractivity contribution is 0.139. The normalized spacial score (nSPS) is 17.9. The Morgan fingerprint density at radius 3 is 2.86 bits per heavy atom. The van der Waals surface area contributed by atoms with Gasteiger partial charge in [0.25, 0.3) is 0 Å². The fraction of sp³-hybridized carbons (Fsp3) is 0.400. The first-order chi connectivity index (χ1) is 10.2. The van der Waals surface area contributed by atoms with Crippen molar-refractivity contribution in [3.05, 3.63) is 24.4 Å². The van der Waals surface area contributed by atoms with Crippen molar-refractivity contribution in [1.29, 1.82) is 0 Å². The molecule has 0 amide bonds. The molecule has 2 heterocycles. The maximum Gasteiger partial charge on any atom is 0.168 e. The van der Waals surface area contributed by atoms with Crippen molar-refractivity contribution >= 4 is 5.82 Å². The van der Waals surface area contributed by atoms with Crippen molar-refractivity contribution in [2.75, 3.05) is 26.1 Å².